The highest BCUT2D eigenvalue weighted by Gasteiger charge is 2.26. The van der Waals surface area contributed by atoms with Crippen LogP contribution in [0.25, 0.3) is 0 Å². The van der Waals surface area contributed by atoms with E-state index in [2.05, 4.69) is 0 Å². The van der Waals surface area contributed by atoms with Gasteiger partial charge in [-0.2, -0.15) is 0 Å². The first-order valence-corrected chi connectivity index (χ1v) is 7.16. The Balaban J connectivity index is 2.20. The van der Waals surface area contributed by atoms with E-state index in [1.54, 1.807) is 4.90 Å². The molecule has 110 valence electrons. The van der Waals surface area contributed by atoms with E-state index in [1.807, 2.05) is 39.0 Å². The van der Waals surface area contributed by atoms with Gasteiger partial charge in [0.05, 0.1) is 0 Å². The average Bonchev–Trinajstić information content (AvgIpc) is 2.48. The molecule has 0 spiro atoms. The minimum absolute atomic E-state index is 0.101. The molecule has 0 radical (unpaired) electrons. The number of hydrogen-bond acceptors (Lipinski definition) is 3. The fourth-order valence-electron chi connectivity index (χ4n) is 2.27. The third-order valence-corrected chi connectivity index (χ3v) is 3.47. The summed E-state index contributed by atoms with van der Waals surface area (Å²) < 4.78 is 5.43. The summed E-state index contributed by atoms with van der Waals surface area (Å²) in [5.74, 6) is 0. The Bertz CT molecular complexity index is 511. The molecule has 0 aromatic heterocycles. The molecule has 5 heteroatoms. The Kier molecular flexibility index (Phi) is 4.25. The maximum atomic E-state index is 12.2. The molecule has 0 saturated heterocycles. The highest BCUT2D eigenvalue weighted by Crippen LogP contribution is 2.28. The number of benzene rings is 1. The van der Waals surface area contributed by atoms with Gasteiger partial charge in [0, 0.05) is 24.2 Å². The van der Waals surface area contributed by atoms with E-state index in [4.69, 9.17) is 22.1 Å². The van der Waals surface area contributed by atoms with Crippen molar-refractivity contribution in [3.05, 3.63) is 34.3 Å². The molecule has 1 aliphatic rings. The third-order valence-electron chi connectivity index (χ3n) is 3.23. The van der Waals surface area contributed by atoms with Gasteiger partial charge in [0.2, 0.25) is 0 Å². The van der Waals surface area contributed by atoms with E-state index < -0.39 is 5.60 Å². The van der Waals surface area contributed by atoms with Gasteiger partial charge < -0.3 is 15.4 Å². The summed E-state index contributed by atoms with van der Waals surface area (Å²) in [6, 6.07) is 5.54. The van der Waals surface area contributed by atoms with Gasteiger partial charge in [-0.05, 0) is 50.5 Å². The van der Waals surface area contributed by atoms with E-state index in [1.165, 1.54) is 0 Å². The predicted molar refractivity (Wildman–Crippen MR) is 79.6 cm³/mol. The van der Waals surface area contributed by atoms with Crippen LogP contribution in [0, 0.1) is 0 Å². The average molecular weight is 297 g/mol. The number of halogens is 1. The van der Waals surface area contributed by atoms with Crippen molar-refractivity contribution >= 4 is 17.7 Å². The smallest absolute Gasteiger partial charge is 0.410 e. The van der Waals surface area contributed by atoms with Gasteiger partial charge in [-0.25, -0.2) is 4.79 Å². The molecule has 1 aromatic rings. The van der Waals surface area contributed by atoms with Gasteiger partial charge in [-0.3, -0.25) is 0 Å². The van der Waals surface area contributed by atoms with Crippen molar-refractivity contribution in [3.8, 4) is 0 Å². The standard InChI is InChI=1S/C15H21ClN2O2/c1-15(2,3)20-14(19)18-7-6-13(17)12-8-11(16)5-4-10(12)9-18/h4-5,8,13H,6-7,9,17H2,1-3H3. The Labute approximate surface area is 124 Å². The summed E-state index contributed by atoms with van der Waals surface area (Å²) in [7, 11) is 0. The number of carbonyl (C=O) groups is 1. The minimum atomic E-state index is -0.492. The van der Waals surface area contributed by atoms with E-state index in [0.717, 1.165) is 11.1 Å². The SMILES string of the molecule is CC(C)(C)OC(=O)N1CCC(N)c2cc(Cl)ccc2C1. The zero-order valence-electron chi connectivity index (χ0n) is 12.1. The van der Waals surface area contributed by atoms with Crippen LogP contribution in [0.2, 0.25) is 5.02 Å². The summed E-state index contributed by atoms with van der Waals surface area (Å²) in [4.78, 5) is 13.9. The topological polar surface area (TPSA) is 55.6 Å². The molecule has 1 aliphatic heterocycles. The van der Waals surface area contributed by atoms with Crippen molar-refractivity contribution in [2.24, 2.45) is 5.73 Å². The Morgan fingerprint density at radius 3 is 2.80 bits per heavy atom. The quantitative estimate of drug-likeness (QED) is 0.797. The molecule has 0 aliphatic carbocycles. The third kappa shape index (κ3) is 3.64. The first kappa shape index (κ1) is 15.1. The van der Waals surface area contributed by atoms with Crippen molar-refractivity contribution in [1.82, 2.24) is 4.90 Å². The normalized spacial score (nSPS) is 19.2. The van der Waals surface area contributed by atoms with E-state index >= 15 is 0 Å². The van der Waals surface area contributed by atoms with Crippen molar-refractivity contribution in [1.29, 1.82) is 0 Å². The van der Waals surface area contributed by atoms with Crippen LogP contribution >= 0.6 is 11.6 Å². The second-order valence-corrected chi connectivity index (χ2v) is 6.58. The van der Waals surface area contributed by atoms with Crippen LogP contribution in [0.3, 0.4) is 0 Å². The number of fused-ring (bicyclic) bond motifs is 1. The number of ether oxygens (including phenoxy) is 1. The lowest BCUT2D eigenvalue weighted by Gasteiger charge is -2.26. The predicted octanol–water partition coefficient (Wildman–Crippen LogP) is 3.48. The van der Waals surface area contributed by atoms with Crippen molar-refractivity contribution in [2.75, 3.05) is 6.54 Å². The minimum Gasteiger partial charge on any atom is -0.444 e. The molecule has 1 amide bonds. The van der Waals surface area contributed by atoms with Crippen LogP contribution in [0.5, 0.6) is 0 Å². The number of nitrogens with two attached hydrogens (primary N) is 1. The van der Waals surface area contributed by atoms with Gasteiger partial charge in [-0.15, -0.1) is 0 Å². The molecular weight excluding hydrogens is 276 g/mol. The summed E-state index contributed by atoms with van der Waals surface area (Å²) in [5.41, 5.74) is 7.73. The summed E-state index contributed by atoms with van der Waals surface area (Å²) >= 11 is 6.02. The van der Waals surface area contributed by atoms with Gasteiger partial charge in [-0.1, -0.05) is 17.7 Å². The Hall–Kier alpha value is -1.26. The van der Waals surface area contributed by atoms with Gasteiger partial charge in [0.1, 0.15) is 5.60 Å². The van der Waals surface area contributed by atoms with Gasteiger partial charge in [0.15, 0.2) is 0 Å². The fourth-order valence-corrected chi connectivity index (χ4v) is 2.45. The molecule has 1 atom stereocenters. The number of nitrogens with zero attached hydrogens (tertiary/aromatic N) is 1. The Morgan fingerprint density at radius 2 is 2.15 bits per heavy atom. The molecule has 0 saturated carbocycles. The summed E-state index contributed by atoms with van der Waals surface area (Å²) in [5, 5.41) is 0.671. The number of carbonyl (C=O) groups excluding carboxylic acids is 1. The number of rotatable bonds is 0. The molecular formula is C15H21ClN2O2. The Morgan fingerprint density at radius 1 is 1.45 bits per heavy atom. The zero-order chi connectivity index (χ0) is 14.9. The van der Waals surface area contributed by atoms with Crippen LogP contribution in [-0.4, -0.2) is 23.1 Å². The maximum absolute atomic E-state index is 12.2. The van der Waals surface area contributed by atoms with Crippen molar-refractivity contribution in [3.63, 3.8) is 0 Å². The van der Waals surface area contributed by atoms with E-state index in [0.29, 0.717) is 24.5 Å². The monoisotopic (exact) mass is 296 g/mol. The first-order chi connectivity index (χ1) is 9.26. The highest BCUT2D eigenvalue weighted by atomic mass is 35.5. The van der Waals surface area contributed by atoms with Crippen LogP contribution in [0.15, 0.2) is 18.2 Å². The largest absolute Gasteiger partial charge is 0.444 e. The molecule has 1 aromatic carbocycles. The lowest BCUT2D eigenvalue weighted by atomic mass is 10.0. The molecule has 0 fully saturated rings. The molecule has 1 heterocycles. The van der Waals surface area contributed by atoms with Crippen LogP contribution < -0.4 is 5.73 Å². The first-order valence-electron chi connectivity index (χ1n) is 6.78. The molecule has 0 bridgehead atoms. The maximum Gasteiger partial charge on any atom is 0.410 e. The molecule has 20 heavy (non-hydrogen) atoms. The number of hydrogen-bond donors (Lipinski definition) is 1. The van der Waals surface area contributed by atoms with Gasteiger partial charge >= 0.3 is 6.09 Å². The lowest BCUT2D eigenvalue weighted by Crippen LogP contribution is -2.36. The summed E-state index contributed by atoms with van der Waals surface area (Å²) in [6.07, 6.45) is 0.402. The second-order valence-electron chi connectivity index (χ2n) is 6.14. The van der Waals surface area contributed by atoms with Crippen molar-refractivity contribution < 1.29 is 9.53 Å². The van der Waals surface area contributed by atoms with E-state index in [9.17, 15) is 4.79 Å². The summed E-state index contributed by atoms with van der Waals surface area (Å²) in [6.45, 7) is 6.68. The zero-order valence-corrected chi connectivity index (χ0v) is 12.9. The lowest BCUT2D eigenvalue weighted by molar-refractivity contribution is 0.0235. The molecule has 4 nitrogen and oxygen atoms in total. The fraction of sp³-hybridized carbons (Fsp3) is 0.533. The van der Waals surface area contributed by atoms with Crippen LogP contribution in [-0.2, 0) is 11.3 Å². The van der Waals surface area contributed by atoms with Crippen molar-refractivity contribution in [2.45, 2.75) is 45.4 Å². The second kappa shape index (κ2) is 5.62. The van der Waals surface area contributed by atoms with Crippen LogP contribution in [0.4, 0.5) is 4.79 Å². The molecule has 1 unspecified atom stereocenters. The molecule has 2 N–H and O–H groups in total. The van der Waals surface area contributed by atoms with Crippen LogP contribution in [0.1, 0.15) is 44.4 Å². The van der Waals surface area contributed by atoms with E-state index in [-0.39, 0.29) is 12.1 Å². The highest BCUT2D eigenvalue weighted by molar-refractivity contribution is 6.30. The number of amides is 1. The van der Waals surface area contributed by atoms with Gasteiger partial charge in [0.25, 0.3) is 0 Å². The molecule has 2 rings (SSSR count).